The summed E-state index contributed by atoms with van der Waals surface area (Å²) >= 11 is 3.31. The van der Waals surface area contributed by atoms with E-state index >= 15 is 0 Å². The highest BCUT2D eigenvalue weighted by atomic mass is 79.9. The first-order chi connectivity index (χ1) is 7.89. The molecule has 1 aliphatic rings. The van der Waals surface area contributed by atoms with Crippen LogP contribution >= 0.6 is 15.9 Å². The van der Waals surface area contributed by atoms with E-state index in [0.717, 1.165) is 4.47 Å². The van der Waals surface area contributed by atoms with Crippen molar-refractivity contribution >= 4 is 21.9 Å². The molecule has 1 saturated heterocycles. The molecule has 2 rings (SSSR count). The monoisotopic (exact) mass is 300 g/mol. The molecule has 92 valence electrons. The second-order valence-electron chi connectivity index (χ2n) is 4.38. The molecule has 0 bridgehead atoms. The molecule has 0 unspecified atom stereocenters. The molecule has 0 aromatic heterocycles. The van der Waals surface area contributed by atoms with E-state index in [1.165, 1.54) is 0 Å². The minimum atomic E-state index is -1.41. The second-order valence-corrected chi connectivity index (χ2v) is 5.30. The van der Waals surface area contributed by atoms with Crippen molar-refractivity contribution in [2.75, 3.05) is 6.61 Å². The van der Waals surface area contributed by atoms with Crippen LogP contribution < -0.4 is 0 Å². The Bertz CT molecular complexity index is 440. The van der Waals surface area contributed by atoms with Crippen molar-refractivity contribution in [3.63, 3.8) is 0 Å². The van der Waals surface area contributed by atoms with Crippen molar-refractivity contribution in [3.05, 3.63) is 34.3 Å². The van der Waals surface area contributed by atoms with Crippen molar-refractivity contribution in [2.24, 2.45) is 0 Å². The lowest BCUT2D eigenvalue weighted by molar-refractivity contribution is -0.173. The smallest absolute Gasteiger partial charge is 0.348 e. The van der Waals surface area contributed by atoms with Gasteiger partial charge in [-0.25, -0.2) is 4.79 Å². The zero-order valence-corrected chi connectivity index (χ0v) is 11.2. The topological polar surface area (TPSA) is 55.8 Å². The van der Waals surface area contributed by atoms with Gasteiger partial charge < -0.3 is 14.6 Å². The third-order valence-corrected chi connectivity index (χ3v) is 3.15. The molecule has 0 amide bonds. The number of hydrogen-bond donors (Lipinski definition) is 1. The van der Waals surface area contributed by atoms with E-state index in [1.54, 1.807) is 38.1 Å². The van der Waals surface area contributed by atoms with E-state index < -0.39 is 24.0 Å². The highest BCUT2D eigenvalue weighted by Crippen LogP contribution is 2.39. The third-order valence-electron chi connectivity index (χ3n) is 2.62. The third kappa shape index (κ3) is 2.10. The van der Waals surface area contributed by atoms with Crippen LogP contribution in [0.1, 0.15) is 19.4 Å². The summed E-state index contributed by atoms with van der Waals surface area (Å²) in [6, 6.07) is 7.02. The molecule has 4 nitrogen and oxygen atoms in total. The molecule has 0 aliphatic carbocycles. The van der Waals surface area contributed by atoms with Crippen molar-refractivity contribution in [1.82, 2.24) is 0 Å². The number of halogens is 1. The standard InChI is InChI=1S/C12H13BrO4/c1-11(2)16-10(15)12(7-14,17-11)8-3-5-9(13)6-4-8/h3-6,14H,7H2,1-2H3/t12-/m1/s1. The van der Waals surface area contributed by atoms with Gasteiger partial charge in [0.05, 0.1) is 6.61 Å². The van der Waals surface area contributed by atoms with E-state index in [0.29, 0.717) is 5.56 Å². The fraction of sp³-hybridized carbons (Fsp3) is 0.417. The summed E-state index contributed by atoms with van der Waals surface area (Å²) in [5.74, 6) is -1.58. The van der Waals surface area contributed by atoms with Crippen LogP contribution in [-0.4, -0.2) is 23.5 Å². The maximum absolute atomic E-state index is 11.9. The van der Waals surface area contributed by atoms with Gasteiger partial charge in [-0.1, -0.05) is 28.1 Å². The molecule has 0 spiro atoms. The van der Waals surface area contributed by atoms with Crippen molar-refractivity contribution in [3.8, 4) is 0 Å². The molecule has 17 heavy (non-hydrogen) atoms. The molecular formula is C12H13BrO4. The van der Waals surface area contributed by atoms with Crippen LogP contribution in [0.2, 0.25) is 0 Å². The number of aliphatic hydroxyl groups excluding tert-OH is 1. The summed E-state index contributed by atoms with van der Waals surface area (Å²) < 4.78 is 11.6. The molecule has 1 aromatic rings. The summed E-state index contributed by atoms with van der Waals surface area (Å²) in [7, 11) is 0. The lowest BCUT2D eigenvalue weighted by Crippen LogP contribution is -2.38. The predicted octanol–water partition coefficient (Wildman–Crippen LogP) is 1.95. The lowest BCUT2D eigenvalue weighted by Gasteiger charge is -2.24. The SMILES string of the molecule is CC1(C)OC(=O)[C@@](CO)(c2ccc(Br)cc2)O1. The van der Waals surface area contributed by atoms with Gasteiger partial charge in [0.1, 0.15) is 0 Å². The van der Waals surface area contributed by atoms with Crippen LogP contribution in [-0.2, 0) is 19.9 Å². The Kier molecular flexibility index (Phi) is 3.01. The molecule has 1 aliphatic heterocycles. The van der Waals surface area contributed by atoms with Crippen molar-refractivity contribution in [1.29, 1.82) is 0 Å². The van der Waals surface area contributed by atoms with Gasteiger partial charge in [0.25, 0.3) is 0 Å². The maximum atomic E-state index is 11.9. The van der Waals surface area contributed by atoms with Gasteiger partial charge >= 0.3 is 5.97 Å². The number of hydrogen-bond acceptors (Lipinski definition) is 4. The van der Waals surface area contributed by atoms with Crippen LogP contribution in [0, 0.1) is 0 Å². The van der Waals surface area contributed by atoms with Crippen LogP contribution in [0.4, 0.5) is 0 Å². The average molecular weight is 301 g/mol. The zero-order chi connectivity index (χ0) is 12.7. The van der Waals surface area contributed by atoms with E-state index in [9.17, 15) is 9.90 Å². The van der Waals surface area contributed by atoms with Gasteiger partial charge in [-0.05, 0) is 17.7 Å². The number of ether oxygens (including phenoxy) is 2. The van der Waals surface area contributed by atoms with Crippen molar-refractivity contribution in [2.45, 2.75) is 25.2 Å². The van der Waals surface area contributed by atoms with Gasteiger partial charge in [-0.3, -0.25) is 0 Å². The zero-order valence-electron chi connectivity index (χ0n) is 9.57. The number of rotatable bonds is 2. The number of aliphatic hydroxyl groups is 1. The molecule has 0 radical (unpaired) electrons. The molecule has 1 atom stereocenters. The van der Waals surface area contributed by atoms with Gasteiger partial charge in [0, 0.05) is 18.3 Å². The molecule has 5 heteroatoms. The molecule has 1 heterocycles. The molecule has 1 N–H and O–H groups in total. The Morgan fingerprint density at radius 1 is 1.29 bits per heavy atom. The average Bonchev–Trinajstić information content (AvgIpc) is 2.50. The second kappa shape index (κ2) is 4.08. The van der Waals surface area contributed by atoms with E-state index in [1.807, 2.05) is 0 Å². The summed E-state index contributed by atoms with van der Waals surface area (Å²) in [4.78, 5) is 11.9. The largest absolute Gasteiger partial charge is 0.431 e. The Labute approximate surface area is 108 Å². The maximum Gasteiger partial charge on any atom is 0.348 e. The summed E-state index contributed by atoms with van der Waals surface area (Å²) in [5.41, 5.74) is -0.830. The molecule has 1 aromatic carbocycles. The first-order valence-electron chi connectivity index (χ1n) is 5.20. The van der Waals surface area contributed by atoms with Crippen LogP contribution in [0.3, 0.4) is 0 Å². The van der Waals surface area contributed by atoms with Crippen LogP contribution in [0.25, 0.3) is 0 Å². The van der Waals surface area contributed by atoms with Gasteiger partial charge in [0.15, 0.2) is 0 Å². The summed E-state index contributed by atoms with van der Waals surface area (Å²) in [5, 5.41) is 9.50. The summed E-state index contributed by atoms with van der Waals surface area (Å²) in [6.07, 6.45) is 0. The summed E-state index contributed by atoms with van der Waals surface area (Å²) in [6.45, 7) is 2.83. The first-order valence-corrected chi connectivity index (χ1v) is 5.99. The normalized spacial score (nSPS) is 26.9. The number of cyclic esters (lactones) is 1. The van der Waals surface area contributed by atoms with E-state index in [2.05, 4.69) is 15.9 Å². The Morgan fingerprint density at radius 2 is 1.88 bits per heavy atom. The van der Waals surface area contributed by atoms with Crippen LogP contribution in [0.5, 0.6) is 0 Å². The Morgan fingerprint density at radius 3 is 2.29 bits per heavy atom. The van der Waals surface area contributed by atoms with Crippen molar-refractivity contribution < 1.29 is 19.4 Å². The highest BCUT2D eigenvalue weighted by Gasteiger charge is 2.55. The molecule has 0 saturated carbocycles. The first kappa shape index (κ1) is 12.5. The van der Waals surface area contributed by atoms with Gasteiger partial charge in [0.2, 0.25) is 11.4 Å². The fourth-order valence-corrected chi connectivity index (χ4v) is 2.14. The quantitative estimate of drug-likeness (QED) is 0.848. The number of esters is 1. The molecular weight excluding hydrogens is 288 g/mol. The van der Waals surface area contributed by atoms with Crippen LogP contribution in [0.15, 0.2) is 28.7 Å². The number of benzene rings is 1. The fourth-order valence-electron chi connectivity index (χ4n) is 1.87. The van der Waals surface area contributed by atoms with Gasteiger partial charge in [-0.2, -0.15) is 0 Å². The predicted molar refractivity (Wildman–Crippen MR) is 64.2 cm³/mol. The Balaban J connectivity index is 2.45. The lowest BCUT2D eigenvalue weighted by atomic mass is 9.95. The minimum absolute atomic E-state index is 0.448. The van der Waals surface area contributed by atoms with E-state index in [-0.39, 0.29) is 0 Å². The van der Waals surface area contributed by atoms with Gasteiger partial charge in [-0.15, -0.1) is 0 Å². The highest BCUT2D eigenvalue weighted by molar-refractivity contribution is 9.10. The molecule has 1 fully saturated rings. The van der Waals surface area contributed by atoms with E-state index in [4.69, 9.17) is 9.47 Å². The number of carbonyl (C=O) groups is 1. The minimum Gasteiger partial charge on any atom is -0.431 e. The Hall–Kier alpha value is -0.910. The number of carbonyl (C=O) groups excluding carboxylic acids is 1.